The van der Waals surface area contributed by atoms with Gasteiger partial charge in [0.15, 0.2) is 0 Å². The van der Waals surface area contributed by atoms with Crippen molar-refractivity contribution in [2.75, 3.05) is 19.6 Å². The molecule has 3 N–H and O–H groups in total. The molecule has 1 fully saturated rings. The van der Waals surface area contributed by atoms with Gasteiger partial charge in [0.2, 0.25) is 11.8 Å². The summed E-state index contributed by atoms with van der Waals surface area (Å²) in [4.78, 5) is 28.8. The zero-order chi connectivity index (χ0) is 13.7. The van der Waals surface area contributed by atoms with Crippen LogP contribution in [0.5, 0.6) is 0 Å². The topological polar surface area (TPSA) is 93.3 Å². The summed E-state index contributed by atoms with van der Waals surface area (Å²) in [7, 11) is 0. The van der Waals surface area contributed by atoms with E-state index < -0.39 is 5.91 Å². The van der Waals surface area contributed by atoms with Crippen LogP contribution in [-0.4, -0.2) is 51.9 Å². The Balaban J connectivity index is 1.92. The van der Waals surface area contributed by atoms with Crippen LogP contribution in [0.4, 0.5) is 0 Å². The number of rotatable bonds is 6. The van der Waals surface area contributed by atoms with Crippen LogP contribution >= 0.6 is 0 Å². The molecule has 0 aromatic carbocycles. The van der Waals surface area contributed by atoms with Gasteiger partial charge in [-0.15, -0.1) is 0 Å². The van der Waals surface area contributed by atoms with Crippen molar-refractivity contribution in [1.29, 1.82) is 0 Å². The number of carbonyl (C=O) groups excluding carboxylic acids is 2. The Hall–Kier alpha value is -1.89. The predicted octanol–water partition coefficient (Wildman–Crippen LogP) is -1.05. The second kappa shape index (κ2) is 6.33. The van der Waals surface area contributed by atoms with Gasteiger partial charge in [-0.3, -0.25) is 9.59 Å². The Morgan fingerprint density at radius 2 is 2.37 bits per heavy atom. The van der Waals surface area contributed by atoms with E-state index in [0.717, 1.165) is 19.5 Å². The van der Waals surface area contributed by atoms with E-state index in [2.05, 4.69) is 10.3 Å². The third kappa shape index (κ3) is 3.78. The lowest BCUT2D eigenvalue weighted by Gasteiger charge is -2.27. The molecule has 7 heteroatoms. The van der Waals surface area contributed by atoms with Gasteiger partial charge < -0.3 is 20.5 Å². The van der Waals surface area contributed by atoms with E-state index >= 15 is 0 Å². The Morgan fingerprint density at radius 3 is 2.95 bits per heavy atom. The van der Waals surface area contributed by atoms with E-state index in [1.165, 1.54) is 0 Å². The Kier molecular flexibility index (Phi) is 4.51. The fraction of sp³-hybridized carbons (Fsp3) is 0.583. The Morgan fingerprint density at radius 1 is 1.53 bits per heavy atom. The second-order valence-corrected chi connectivity index (χ2v) is 4.69. The lowest BCUT2D eigenvalue weighted by Crippen LogP contribution is -2.46. The maximum absolute atomic E-state index is 12.2. The molecular weight excluding hydrogens is 246 g/mol. The first-order valence-corrected chi connectivity index (χ1v) is 6.41. The van der Waals surface area contributed by atoms with Gasteiger partial charge in [0.05, 0.1) is 12.9 Å². The molecule has 0 radical (unpaired) electrons. The lowest BCUT2D eigenvalue weighted by atomic mass is 10.2. The number of nitrogens with one attached hydrogen (secondary N) is 1. The summed E-state index contributed by atoms with van der Waals surface area (Å²) < 4.78 is 1.84. The zero-order valence-electron chi connectivity index (χ0n) is 10.8. The van der Waals surface area contributed by atoms with E-state index in [-0.39, 0.29) is 18.5 Å². The quantitative estimate of drug-likeness (QED) is 0.686. The fourth-order valence-electron chi connectivity index (χ4n) is 2.28. The van der Waals surface area contributed by atoms with E-state index in [9.17, 15) is 9.59 Å². The average molecular weight is 265 g/mol. The molecular formula is C12H19N5O2. The van der Waals surface area contributed by atoms with Crippen LogP contribution in [0, 0.1) is 0 Å². The normalized spacial score (nSPS) is 18.4. The number of nitrogens with two attached hydrogens (primary N) is 1. The van der Waals surface area contributed by atoms with Crippen LogP contribution in [-0.2, 0) is 16.1 Å². The highest BCUT2D eigenvalue weighted by atomic mass is 16.2. The first-order valence-electron chi connectivity index (χ1n) is 6.41. The number of amides is 2. The molecule has 1 aliphatic heterocycles. The van der Waals surface area contributed by atoms with Crippen molar-refractivity contribution in [3.8, 4) is 0 Å². The molecule has 1 aromatic rings. The van der Waals surface area contributed by atoms with Crippen molar-refractivity contribution in [2.24, 2.45) is 5.73 Å². The molecule has 2 amide bonds. The Bertz CT molecular complexity index is 425. The number of aromatic nitrogens is 2. The maximum atomic E-state index is 12.2. The molecule has 1 unspecified atom stereocenters. The largest absolute Gasteiger partial charge is 0.368 e. The summed E-state index contributed by atoms with van der Waals surface area (Å²) in [5, 5.41) is 3.19. The summed E-state index contributed by atoms with van der Waals surface area (Å²) in [5.74, 6) is -0.510. The second-order valence-electron chi connectivity index (χ2n) is 4.69. The number of nitrogens with zero attached hydrogens (tertiary/aromatic N) is 3. The van der Waals surface area contributed by atoms with Crippen LogP contribution in [0.2, 0.25) is 0 Å². The minimum atomic E-state index is -0.470. The van der Waals surface area contributed by atoms with Crippen molar-refractivity contribution in [3.63, 3.8) is 0 Å². The standard InChI is InChI=1S/C12H19N5O2/c13-11(18)8-17(10-1-3-14-7-10)12(19)2-5-16-6-4-15-9-16/h4,6,9-10,14H,1-3,5,7-8H2,(H2,13,18). The molecule has 0 bridgehead atoms. The van der Waals surface area contributed by atoms with Crippen LogP contribution in [0.1, 0.15) is 12.8 Å². The molecule has 0 saturated carbocycles. The minimum absolute atomic E-state index is 0.00485. The first kappa shape index (κ1) is 13.5. The summed E-state index contributed by atoms with van der Waals surface area (Å²) >= 11 is 0. The molecule has 104 valence electrons. The van der Waals surface area contributed by atoms with E-state index in [1.54, 1.807) is 17.4 Å². The van der Waals surface area contributed by atoms with Crippen LogP contribution in [0.25, 0.3) is 0 Å². The van der Waals surface area contributed by atoms with Gasteiger partial charge in [-0.2, -0.15) is 0 Å². The SMILES string of the molecule is NC(=O)CN(C(=O)CCn1ccnc1)C1CCNC1. The van der Waals surface area contributed by atoms with E-state index in [0.29, 0.717) is 13.0 Å². The van der Waals surface area contributed by atoms with Crippen molar-refractivity contribution < 1.29 is 9.59 Å². The van der Waals surface area contributed by atoms with Crippen molar-refractivity contribution in [1.82, 2.24) is 19.8 Å². The van der Waals surface area contributed by atoms with E-state index in [1.807, 2.05) is 10.8 Å². The minimum Gasteiger partial charge on any atom is -0.368 e. The van der Waals surface area contributed by atoms with Gasteiger partial charge in [-0.1, -0.05) is 0 Å². The lowest BCUT2D eigenvalue weighted by molar-refractivity contribution is -0.137. The molecule has 2 heterocycles. The number of aryl methyl sites for hydroxylation is 1. The van der Waals surface area contributed by atoms with Gasteiger partial charge in [0.25, 0.3) is 0 Å². The third-order valence-corrected chi connectivity index (χ3v) is 3.26. The highest BCUT2D eigenvalue weighted by molar-refractivity contribution is 5.84. The van der Waals surface area contributed by atoms with Gasteiger partial charge in [0.1, 0.15) is 0 Å². The summed E-state index contributed by atoms with van der Waals surface area (Å²) in [6.45, 7) is 2.15. The molecule has 1 aromatic heterocycles. The summed E-state index contributed by atoms with van der Waals surface area (Å²) in [6.07, 6.45) is 6.36. The summed E-state index contributed by atoms with van der Waals surface area (Å²) in [5.41, 5.74) is 5.22. The van der Waals surface area contributed by atoms with Gasteiger partial charge in [0, 0.05) is 37.9 Å². The smallest absolute Gasteiger partial charge is 0.237 e. The van der Waals surface area contributed by atoms with Gasteiger partial charge in [-0.25, -0.2) is 4.98 Å². The average Bonchev–Trinajstić information content (AvgIpc) is 3.05. The highest BCUT2D eigenvalue weighted by Crippen LogP contribution is 2.10. The number of carbonyl (C=O) groups is 2. The molecule has 19 heavy (non-hydrogen) atoms. The van der Waals surface area contributed by atoms with Crippen LogP contribution in [0.15, 0.2) is 18.7 Å². The molecule has 0 aliphatic carbocycles. The summed E-state index contributed by atoms with van der Waals surface area (Å²) in [6, 6.07) is 0.0720. The molecule has 2 rings (SSSR count). The fourth-order valence-corrected chi connectivity index (χ4v) is 2.28. The number of primary amides is 1. The highest BCUT2D eigenvalue weighted by Gasteiger charge is 2.27. The maximum Gasteiger partial charge on any atom is 0.237 e. The molecule has 7 nitrogen and oxygen atoms in total. The third-order valence-electron chi connectivity index (χ3n) is 3.26. The van der Waals surface area contributed by atoms with Gasteiger partial charge >= 0.3 is 0 Å². The van der Waals surface area contributed by atoms with Crippen molar-refractivity contribution >= 4 is 11.8 Å². The first-order chi connectivity index (χ1) is 9.16. The van der Waals surface area contributed by atoms with Gasteiger partial charge in [-0.05, 0) is 13.0 Å². The molecule has 0 spiro atoms. The molecule has 1 saturated heterocycles. The predicted molar refractivity (Wildman–Crippen MR) is 69.0 cm³/mol. The molecule has 1 atom stereocenters. The monoisotopic (exact) mass is 265 g/mol. The zero-order valence-corrected chi connectivity index (χ0v) is 10.8. The number of imidazole rings is 1. The van der Waals surface area contributed by atoms with E-state index in [4.69, 9.17) is 5.73 Å². The van der Waals surface area contributed by atoms with Crippen molar-refractivity contribution in [3.05, 3.63) is 18.7 Å². The number of hydrogen-bond acceptors (Lipinski definition) is 4. The van der Waals surface area contributed by atoms with Crippen LogP contribution in [0.3, 0.4) is 0 Å². The number of hydrogen-bond donors (Lipinski definition) is 2. The van der Waals surface area contributed by atoms with Crippen LogP contribution < -0.4 is 11.1 Å². The molecule has 1 aliphatic rings. The van der Waals surface area contributed by atoms with Crippen molar-refractivity contribution in [2.45, 2.75) is 25.4 Å². The Labute approximate surface area is 111 Å².